The van der Waals surface area contributed by atoms with Crippen LogP contribution in [0.5, 0.6) is 11.5 Å². The predicted octanol–water partition coefficient (Wildman–Crippen LogP) is 6.23. The molecule has 2 saturated heterocycles. The van der Waals surface area contributed by atoms with Gasteiger partial charge in [-0.3, -0.25) is 0 Å². The minimum Gasteiger partial charge on any atom is -0.457 e. The standard InChI is InChI=1S/C23H26O2/c1-2-3-12-22-13-15-23(16-14-22,24-18-22)19-8-7-11-21(17-19)25-20-9-5-4-6-10-20/h2,4-11,17H,1,3,12-16,18H2. The molecule has 0 amide bonds. The molecule has 0 unspecified atom stereocenters. The first-order chi connectivity index (χ1) is 12.2. The number of hydrogen-bond acceptors (Lipinski definition) is 2. The highest BCUT2D eigenvalue weighted by Gasteiger charge is 2.50. The molecule has 2 bridgehead atoms. The van der Waals surface area contributed by atoms with Gasteiger partial charge in [0.15, 0.2) is 0 Å². The fourth-order valence-corrected chi connectivity index (χ4v) is 4.33. The molecule has 2 aromatic rings. The van der Waals surface area contributed by atoms with Crippen LogP contribution < -0.4 is 4.74 Å². The van der Waals surface area contributed by atoms with Gasteiger partial charge in [-0.15, -0.1) is 6.58 Å². The molecule has 0 radical (unpaired) electrons. The van der Waals surface area contributed by atoms with Crippen LogP contribution in [0.15, 0.2) is 67.3 Å². The maximum atomic E-state index is 6.47. The average molecular weight is 334 g/mol. The van der Waals surface area contributed by atoms with Gasteiger partial charge in [-0.05, 0) is 73.8 Å². The van der Waals surface area contributed by atoms with Gasteiger partial charge in [-0.2, -0.15) is 0 Å². The van der Waals surface area contributed by atoms with Crippen molar-refractivity contribution >= 4 is 0 Å². The molecular formula is C23H26O2. The maximum absolute atomic E-state index is 6.47. The Morgan fingerprint density at radius 1 is 0.960 bits per heavy atom. The van der Waals surface area contributed by atoms with Crippen molar-refractivity contribution < 1.29 is 9.47 Å². The van der Waals surface area contributed by atoms with Crippen LogP contribution in [-0.4, -0.2) is 6.61 Å². The normalized spacial score (nSPS) is 27.8. The lowest BCUT2D eigenvalue weighted by atomic mass is 9.62. The van der Waals surface area contributed by atoms with Gasteiger partial charge in [-0.1, -0.05) is 36.4 Å². The van der Waals surface area contributed by atoms with Crippen molar-refractivity contribution in [2.75, 3.05) is 6.61 Å². The summed E-state index contributed by atoms with van der Waals surface area (Å²) in [4.78, 5) is 0. The second-order valence-electron chi connectivity index (χ2n) is 7.55. The van der Waals surface area contributed by atoms with Crippen LogP contribution in [0.3, 0.4) is 0 Å². The Morgan fingerprint density at radius 2 is 1.72 bits per heavy atom. The predicted molar refractivity (Wildman–Crippen MR) is 101 cm³/mol. The molecule has 0 aromatic heterocycles. The number of hydrogen-bond donors (Lipinski definition) is 0. The summed E-state index contributed by atoms with van der Waals surface area (Å²) in [5, 5.41) is 0. The van der Waals surface area contributed by atoms with Gasteiger partial charge in [0.1, 0.15) is 11.5 Å². The molecule has 3 aliphatic rings. The van der Waals surface area contributed by atoms with E-state index in [1.165, 1.54) is 24.8 Å². The molecule has 0 spiro atoms. The lowest BCUT2D eigenvalue weighted by molar-refractivity contribution is -0.191. The quantitative estimate of drug-likeness (QED) is 0.583. The third-order valence-corrected chi connectivity index (χ3v) is 5.99. The topological polar surface area (TPSA) is 18.5 Å². The molecule has 2 nitrogen and oxygen atoms in total. The van der Waals surface area contributed by atoms with Crippen LogP contribution in [0.1, 0.15) is 44.1 Å². The Hall–Kier alpha value is -2.06. The fraction of sp³-hybridized carbons (Fsp3) is 0.391. The maximum Gasteiger partial charge on any atom is 0.127 e. The van der Waals surface area contributed by atoms with Crippen molar-refractivity contribution in [3.63, 3.8) is 0 Å². The van der Waals surface area contributed by atoms with E-state index in [1.807, 2.05) is 42.5 Å². The monoisotopic (exact) mass is 334 g/mol. The first kappa shape index (κ1) is 16.4. The van der Waals surface area contributed by atoms with E-state index in [-0.39, 0.29) is 5.60 Å². The van der Waals surface area contributed by atoms with Crippen molar-refractivity contribution in [1.82, 2.24) is 0 Å². The SMILES string of the molecule is C=CCCC12CCC(c3cccc(Oc4ccccc4)c3)(CC1)OC2. The van der Waals surface area contributed by atoms with Crippen LogP contribution >= 0.6 is 0 Å². The Labute approximate surface area is 150 Å². The second-order valence-corrected chi connectivity index (χ2v) is 7.55. The van der Waals surface area contributed by atoms with Crippen molar-refractivity contribution in [3.8, 4) is 11.5 Å². The number of rotatable bonds is 6. The highest BCUT2D eigenvalue weighted by molar-refractivity contribution is 5.37. The van der Waals surface area contributed by atoms with E-state index >= 15 is 0 Å². The van der Waals surface area contributed by atoms with Crippen molar-refractivity contribution in [2.45, 2.75) is 44.1 Å². The van der Waals surface area contributed by atoms with Crippen molar-refractivity contribution in [2.24, 2.45) is 5.41 Å². The number of fused-ring (bicyclic) bond motifs is 3. The van der Waals surface area contributed by atoms with Gasteiger partial charge >= 0.3 is 0 Å². The van der Waals surface area contributed by atoms with Gasteiger partial charge in [0.25, 0.3) is 0 Å². The van der Waals surface area contributed by atoms with Gasteiger partial charge in [-0.25, -0.2) is 0 Å². The van der Waals surface area contributed by atoms with Gasteiger partial charge in [0, 0.05) is 0 Å². The van der Waals surface area contributed by atoms with E-state index in [0.717, 1.165) is 37.4 Å². The molecule has 25 heavy (non-hydrogen) atoms. The number of allylic oxidation sites excluding steroid dienone is 1. The van der Waals surface area contributed by atoms with Crippen LogP contribution in [0.4, 0.5) is 0 Å². The molecule has 5 rings (SSSR count). The van der Waals surface area contributed by atoms with Gasteiger partial charge in [0.05, 0.1) is 12.2 Å². The Kier molecular flexibility index (Phi) is 4.39. The Bertz CT molecular complexity index is 710. The molecule has 130 valence electrons. The molecule has 2 heterocycles. The van der Waals surface area contributed by atoms with Crippen LogP contribution in [0, 0.1) is 5.41 Å². The smallest absolute Gasteiger partial charge is 0.127 e. The van der Waals surface area contributed by atoms with Crippen molar-refractivity contribution in [1.29, 1.82) is 0 Å². The first-order valence-electron chi connectivity index (χ1n) is 9.32. The first-order valence-corrected chi connectivity index (χ1v) is 9.32. The van der Waals surface area contributed by atoms with E-state index in [0.29, 0.717) is 5.41 Å². The largest absolute Gasteiger partial charge is 0.457 e. The van der Waals surface area contributed by atoms with Gasteiger partial charge in [0.2, 0.25) is 0 Å². The second kappa shape index (κ2) is 6.68. The molecule has 0 atom stereocenters. The zero-order valence-corrected chi connectivity index (χ0v) is 14.7. The van der Waals surface area contributed by atoms with Crippen LogP contribution in [-0.2, 0) is 10.3 Å². The van der Waals surface area contributed by atoms with Crippen LogP contribution in [0.2, 0.25) is 0 Å². The number of ether oxygens (including phenoxy) is 2. The summed E-state index contributed by atoms with van der Waals surface area (Å²) >= 11 is 0. The summed E-state index contributed by atoms with van der Waals surface area (Å²) in [6, 6.07) is 18.4. The van der Waals surface area contributed by atoms with Crippen molar-refractivity contribution in [3.05, 3.63) is 72.8 Å². The summed E-state index contributed by atoms with van der Waals surface area (Å²) in [7, 11) is 0. The molecular weight excluding hydrogens is 308 g/mol. The highest BCUT2D eigenvalue weighted by atomic mass is 16.5. The molecule has 1 saturated carbocycles. The summed E-state index contributed by atoms with van der Waals surface area (Å²) in [5.41, 5.74) is 1.53. The van der Waals surface area contributed by atoms with E-state index in [2.05, 4.69) is 24.8 Å². The lowest BCUT2D eigenvalue weighted by Crippen LogP contribution is -2.49. The third kappa shape index (κ3) is 3.23. The summed E-state index contributed by atoms with van der Waals surface area (Å²) in [6.45, 7) is 4.75. The summed E-state index contributed by atoms with van der Waals surface area (Å²) in [5.74, 6) is 1.75. The molecule has 0 N–H and O–H groups in total. The molecule has 1 aliphatic carbocycles. The molecule has 2 heteroatoms. The fourth-order valence-electron chi connectivity index (χ4n) is 4.33. The van der Waals surface area contributed by atoms with Crippen LogP contribution in [0.25, 0.3) is 0 Å². The zero-order valence-electron chi connectivity index (χ0n) is 14.7. The van der Waals surface area contributed by atoms with E-state index < -0.39 is 0 Å². The zero-order chi connectivity index (χ0) is 17.2. The van der Waals surface area contributed by atoms with E-state index in [9.17, 15) is 0 Å². The summed E-state index contributed by atoms with van der Waals surface area (Å²) < 4.78 is 12.5. The van der Waals surface area contributed by atoms with E-state index in [4.69, 9.17) is 9.47 Å². The Balaban J connectivity index is 1.51. The Morgan fingerprint density at radius 3 is 2.40 bits per heavy atom. The summed E-state index contributed by atoms with van der Waals surface area (Å²) in [6.07, 6.45) is 9.07. The third-order valence-electron chi connectivity index (χ3n) is 5.99. The number of para-hydroxylation sites is 1. The lowest BCUT2D eigenvalue weighted by Gasteiger charge is -2.53. The molecule has 3 fully saturated rings. The minimum absolute atomic E-state index is 0.119. The highest BCUT2D eigenvalue weighted by Crippen LogP contribution is 2.55. The van der Waals surface area contributed by atoms with E-state index in [1.54, 1.807) is 0 Å². The minimum atomic E-state index is -0.119. The average Bonchev–Trinajstić information content (AvgIpc) is 2.69. The molecule has 2 aromatic carbocycles. The number of benzene rings is 2. The molecule has 2 aliphatic heterocycles. The van der Waals surface area contributed by atoms with Gasteiger partial charge < -0.3 is 9.47 Å².